The monoisotopic (exact) mass is 218 g/mol. The molecular formula is C13H16NS+. The van der Waals surface area contributed by atoms with Gasteiger partial charge in [-0.25, -0.2) is 0 Å². The number of hydrogen-bond acceptors (Lipinski definition) is 1. The minimum Gasteiger partial charge on any atom is -0.140 e. The molecule has 0 aliphatic rings. The van der Waals surface area contributed by atoms with Gasteiger partial charge in [-0.1, -0.05) is 37.3 Å². The third-order valence-electron chi connectivity index (χ3n) is 2.38. The first-order valence-corrected chi connectivity index (χ1v) is 6.14. The van der Waals surface area contributed by atoms with Crippen molar-refractivity contribution in [1.29, 1.82) is 0 Å². The Labute approximate surface area is 95.2 Å². The Bertz CT molecular complexity index is 431. The van der Waals surface area contributed by atoms with Crippen LogP contribution in [0.15, 0.2) is 36.5 Å². The van der Waals surface area contributed by atoms with Gasteiger partial charge >= 0.3 is 0 Å². The molecule has 0 fully saturated rings. The second-order valence-electron chi connectivity index (χ2n) is 3.74. The molecule has 1 aromatic heterocycles. The summed E-state index contributed by atoms with van der Waals surface area (Å²) in [5, 5.41) is 0. The molecule has 78 valence electrons. The van der Waals surface area contributed by atoms with Crippen LogP contribution >= 0.6 is 11.5 Å². The van der Waals surface area contributed by atoms with E-state index in [0.717, 1.165) is 6.54 Å². The van der Waals surface area contributed by atoms with Gasteiger partial charge in [0.1, 0.15) is 16.4 Å². The first-order chi connectivity index (χ1) is 7.31. The number of benzene rings is 1. The van der Waals surface area contributed by atoms with Crippen LogP contribution in [0.25, 0.3) is 10.4 Å². The van der Waals surface area contributed by atoms with Gasteiger partial charge in [0.05, 0.1) is 0 Å². The first-order valence-electron chi connectivity index (χ1n) is 5.37. The van der Waals surface area contributed by atoms with E-state index in [-0.39, 0.29) is 0 Å². The Balaban J connectivity index is 2.36. The standard InChI is InChI=1S/C13H16NS/c1-3-9-14-10-11(2)13(15-14)12-7-5-4-6-8-12/h4-8,10H,3,9H2,1-2H3/q+1. The van der Waals surface area contributed by atoms with E-state index in [0.29, 0.717) is 0 Å². The lowest BCUT2D eigenvalue weighted by Gasteiger charge is -1.93. The van der Waals surface area contributed by atoms with Crippen LogP contribution in [0.4, 0.5) is 0 Å². The summed E-state index contributed by atoms with van der Waals surface area (Å²) in [5.74, 6) is 0. The Morgan fingerprint density at radius 3 is 2.60 bits per heavy atom. The predicted molar refractivity (Wildman–Crippen MR) is 65.0 cm³/mol. The summed E-state index contributed by atoms with van der Waals surface area (Å²) >= 11 is 1.85. The van der Waals surface area contributed by atoms with E-state index in [1.807, 2.05) is 11.5 Å². The zero-order chi connectivity index (χ0) is 10.7. The summed E-state index contributed by atoms with van der Waals surface area (Å²) in [6, 6.07) is 10.6. The van der Waals surface area contributed by atoms with E-state index in [2.05, 4.69) is 54.3 Å². The SMILES string of the molecule is CCC[n+]1cc(C)c(-c2ccccc2)s1. The first kappa shape index (κ1) is 10.4. The third kappa shape index (κ3) is 2.26. The predicted octanol–water partition coefficient (Wildman–Crippen LogP) is 3.42. The van der Waals surface area contributed by atoms with Gasteiger partial charge in [-0.15, -0.1) is 3.96 Å². The van der Waals surface area contributed by atoms with Crippen molar-refractivity contribution in [3.63, 3.8) is 0 Å². The molecule has 15 heavy (non-hydrogen) atoms. The van der Waals surface area contributed by atoms with Gasteiger partial charge in [0.25, 0.3) is 0 Å². The Morgan fingerprint density at radius 2 is 1.93 bits per heavy atom. The highest BCUT2D eigenvalue weighted by molar-refractivity contribution is 7.05. The summed E-state index contributed by atoms with van der Waals surface area (Å²) < 4.78 is 2.32. The smallest absolute Gasteiger partial charge is 0.140 e. The van der Waals surface area contributed by atoms with Crippen LogP contribution in [0.3, 0.4) is 0 Å². The maximum atomic E-state index is 2.32. The highest BCUT2D eigenvalue weighted by Crippen LogP contribution is 2.25. The van der Waals surface area contributed by atoms with Crippen molar-refractivity contribution in [2.75, 3.05) is 0 Å². The van der Waals surface area contributed by atoms with Crippen LogP contribution < -0.4 is 3.96 Å². The molecule has 2 heteroatoms. The number of rotatable bonds is 3. The summed E-state index contributed by atoms with van der Waals surface area (Å²) in [7, 11) is 0. The van der Waals surface area contributed by atoms with Crippen molar-refractivity contribution < 1.29 is 3.96 Å². The van der Waals surface area contributed by atoms with Gasteiger partial charge in [0, 0.05) is 12.0 Å². The molecular weight excluding hydrogens is 202 g/mol. The number of aryl methyl sites for hydroxylation is 2. The highest BCUT2D eigenvalue weighted by atomic mass is 32.1. The molecule has 0 saturated heterocycles. The maximum Gasteiger partial charge on any atom is 0.187 e. The zero-order valence-corrected chi connectivity index (χ0v) is 10.1. The van der Waals surface area contributed by atoms with Crippen LogP contribution in [-0.4, -0.2) is 0 Å². The van der Waals surface area contributed by atoms with Gasteiger partial charge in [-0.05, 0) is 12.5 Å². The van der Waals surface area contributed by atoms with Crippen LogP contribution in [0, 0.1) is 6.92 Å². The Morgan fingerprint density at radius 1 is 1.20 bits per heavy atom. The zero-order valence-electron chi connectivity index (χ0n) is 9.23. The van der Waals surface area contributed by atoms with Gasteiger partial charge in [-0.3, -0.25) is 0 Å². The Hall–Kier alpha value is -1.15. The molecule has 1 nitrogen and oxygen atoms in total. The van der Waals surface area contributed by atoms with Crippen molar-refractivity contribution in [2.24, 2.45) is 0 Å². The average Bonchev–Trinajstić information content (AvgIpc) is 2.61. The molecule has 0 atom stereocenters. The van der Waals surface area contributed by atoms with E-state index in [1.165, 1.54) is 22.4 Å². The summed E-state index contributed by atoms with van der Waals surface area (Å²) in [6.45, 7) is 5.52. The fourth-order valence-electron chi connectivity index (χ4n) is 1.69. The van der Waals surface area contributed by atoms with Crippen molar-refractivity contribution >= 4 is 11.5 Å². The van der Waals surface area contributed by atoms with Gasteiger partial charge < -0.3 is 0 Å². The molecule has 0 bridgehead atoms. The number of nitrogens with zero attached hydrogens (tertiary/aromatic N) is 1. The van der Waals surface area contributed by atoms with Crippen molar-refractivity contribution in [1.82, 2.24) is 0 Å². The largest absolute Gasteiger partial charge is 0.187 e. The number of hydrogen-bond donors (Lipinski definition) is 0. The minimum absolute atomic E-state index is 1.12. The van der Waals surface area contributed by atoms with Crippen molar-refractivity contribution in [2.45, 2.75) is 26.8 Å². The molecule has 1 aromatic carbocycles. The molecule has 2 rings (SSSR count). The fourth-order valence-corrected chi connectivity index (χ4v) is 2.85. The van der Waals surface area contributed by atoms with Crippen LogP contribution in [0.1, 0.15) is 18.9 Å². The summed E-state index contributed by atoms with van der Waals surface area (Å²) in [4.78, 5) is 1.39. The van der Waals surface area contributed by atoms with Gasteiger partial charge in [0.15, 0.2) is 12.7 Å². The Kier molecular flexibility index (Phi) is 3.17. The maximum absolute atomic E-state index is 2.32. The molecule has 0 amide bonds. The van der Waals surface area contributed by atoms with Crippen LogP contribution in [-0.2, 0) is 6.54 Å². The molecule has 0 radical (unpaired) electrons. The van der Waals surface area contributed by atoms with Gasteiger partial charge in [-0.2, -0.15) is 0 Å². The van der Waals surface area contributed by atoms with Crippen molar-refractivity contribution in [3.8, 4) is 10.4 Å². The molecule has 0 spiro atoms. The molecule has 0 N–H and O–H groups in total. The summed E-state index contributed by atoms with van der Waals surface area (Å²) in [6.07, 6.45) is 3.44. The normalized spacial score (nSPS) is 10.5. The van der Waals surface area contributed by atoms with E-state index in [4.69, 9.17) is 0 Å². The average molecular weight is 218 g/mol. The van der Waals surface area contributed by atoms with E-state index >= 15 is 0 Å². The summed E-state index contributed by atoms with van der Waals surface area (Å²) in [5.41, 5.74) is 2.70. The minimum atomic E-state index is 1.12. The van der Waals surface area contributed by atoms with Crippen molar-refractivity contribution in [3.05, 3.63) is 42.1 Å². The fraction of sp³-hybridized carbons (Fsp3) is 0.308. The second kappa shape index (κ2) is 4.58. The molecule has 0 unspecified atom stereocenters. The lowest BCUT2D eigenvalue weighted by atomic mass is 10.1. The van der Waals surface area contributed by atoms with Gasteiger partial charge in [0.2, 0.25) is 0 Å². The van der Waals surface area contributed by atoms with Crippen LogP contribution in [0.5, 0.6) is 0 Å². The third-order valence-corrected chi connectivity index (χ3v) is 3.65. The van der Waals surface area contributed by atoms with E-state index in [9.17, 15) is 0 Å². The quantitative estimate of drug-likeness (QED) is 0.695. The molecule has 0 saturated carbocycles. The lowest BCUT2D eigenvalue weighted by molar-refractivity contribution is -0.629. The lowest BCUT2D eigenvalue weighted by Crippen LogP contribution is -2.26. The molecule has 0 aliphatic carbocycles. The highest BCUT2D eigenvalue weighted by Gasteiger charge is 2.13. The van der Waals surface area contributed by atoms with E-state index in [1.54, 1.807) is 0 Å². The van der Waals surface area contributed by atoms with Crippen LogP contribution in [0.2, 0.25) is 0 Å². The molecule has 2 aromatic rings. The topological polar surface area (TPSA) is 3.88 Å². The second-order valence-corrected chi connectivity index (χ2v) is 4.80. The molecule has 0 aliphatic heterocycles. The number of aromatic nitrogens is 1. The van der Waals surface area contributed by atoms with E-state index < -0.39 is 0 Å². The molecule has 1 heterocycles.